The van der Waals surface area contributed by atoms with Gasteiger partial charge in [-0.2, -0.15) is 5.06 Å². The van der Waals surface area contributed by atoms with E-state index >= 15 is 0 Å². The molecular formula is C25H51NO5. The van der Waals surface area contributed by atoms with Gasteiger partial charge in [-0.1, -0.05) is 19.3 Å². The number of Topliss-reactive ketones (excluding diaryl/α,β-unsaturated/α-hetero) is 1. The van der Waals surface area contributed by atoms with Crippen LogP contribution in [0, 0.1) is 0 Å². The van der Waals surface area contributed by atoms with Crippen molar-refractivity contribution in [3.05, 3.63) is 0 Å². The molecule has 6 nitrogen and oxygen atoms in total. The predicted octanol–water partition coefficient (Wildman–Crippen LogP) is 5.31. The van der Waals surface area contributed by atoms with Crippen LogP contribution in [0.15, 0.2) is 0 Å². The average molecular weight is 446 g/mol. The van der Waals surface area contributed by atoms with Gasteiger partial charge in [0.15, 0.2) is 5.78 Å². The Morgan fingerprint density at radius 1 is 0.839 bits per heavy atom. The second-order valence-electron chi connectivity index (χ2n) is 10.6. The molecule has 6 heteroatoms. The summed E-state index contributed by atoms with van der Waals surface area (Å²) in [5.41, 5.74) is -1.38. The number of aliphatic hydroxyl groups is 1. The second kappa shape index (κ2) is 15.3. The standard InChI is InChI=1S/C25H51NO5/c1-23(2,3)29-21-17-24(4,5)31-25(6,7)22(28)16-12-11-15-20-30-26(8)18-13-9-10-14-19-27/h27H,9-21H2,1-8H3. The third-order valence-corrected chi connectivity index (χ3v) is 5.18. The number of hydrogen-bond acceptors (Lipinski definition) is 6. The van der Waals surface area contributed by atoms with Crippen molar-refractivity contribution in [2.75, 3.05) is 33.4 Å². The highest BCUT2D eigenvalue weighted by atomic mass is 16.7. The van der Waals surface area contributed by atoms with Crippen LogP contribution in [0.3, 0.4) is 0 Å². The van der Waals surface area contributed by atoms with Crippen LogP contribution in [0.5, 0.6) is 0 Å². The lowest BCUT2D eigenvalue weighted by atomic mass is 9.95. The molecule has 1 N–H and O–H groups in total. The number of carbonyl (C=O) groups excluding carboxylic acids is 1. The van der Waals surface area contributed by atoms with Gasteiger partial charge in [-0.15, -0.1) is 0 Å². The van der Waals surface area contributed by atoms with Crippen LogP contribution < -0.4 is 0 Å². The lowest BCUT2D eigenvalue weighted by molar-refractivity contribution is -0.165. The highest BCUT2D eigenvalue weighted by Gasteiger charge is 2.34. The maximum atomic E-state index is 12.7. The first-order valence-corrected chi connectivity index (χ1v) is 12.1. The molecule has 0 aliphatic heterocycles. The minimum atomic E-state index is -0.794. The van der Waals surface area contributed by atoms with Crippen molar-refractivity contribution >= 4 is 5.78 Å². The summed E-state index contributed by atoms with van der Waals surface area (Å²) in [4.78, 5) is 18.4. The molecule has 0 spiro atoms. The molecule has 0 fully saturated rings. The second-order valence-corrected chi connectivity index (χ2v) is 10.6. The van der Waals surface area contributed by atoms with Crippen molar-refractivity contribution in [1.29, 1.82) is 0 Å². The van der Waals surface area contributed by atoms with E-state index in [9.17, 15) is 4.79 Å². The Bertz CT molecular complexity index is 471. The molecule has 0 bridgehead atoms. The molecule has 0 aliphatic carbocycles. The molecule has 0 rings (SSSR count). The van der Waals surface area contributed by atoms with Crippen LogP contribution >= 0.6 is 0 Å². The molecule has 0 aliphatic rings. The molecule has 0 amide bonds. The summed E-state index contributed by atoms with van der Waals surface area (Å²) in [7, 11) is 1.96. The number of ether oxygens (including phenoxy) is 2. The Morgan fingerprint density at radius 3 is 2.06 bits per heavy atom. The number of aliphatic hydroxyl groups excluding tert-OH is 1. The number of hydroxylamine groups is 2. The summed E-state index contributed by atoms with van der Waals surface area (Å²) in [5.74, 6) is 0.151. The first kappa shape index (κ1) is 30.5. The molecule has 0 unspecified atom stereocenters. The zero-order chi connectivity index (χ0) is 24.0. The highest BCUT2D eigenvalue weighted by Crippen LogP contribution is 2.26. The Labute approximate surface area is 192 Å². The first-order valence-electron chi connectivity index (χ1n) is 12.1. The van der Waals surface area contributed by atoms with Crippen molar-refractivity contribution in [3.8, 4) is 0 Å². The average Bonchev–Trinajstić information content (AvgIpc) is 2.61. The number of nitrogens with zero attached hydrogens (tertiary/aromatic N) is 1. The van der Waals surface area contributed by atoms with Crippen molar-refractivity contribution in [2.45, 2.75) is 123 Å². The van der Waals surface area contributed by atoms with Crippen LogP contribution in [0.25, 0.3) is 0 Å². The lowest BCUT2D eigenvalue weighted by Crippen LogP contribution is -2.43. The fourth-order valence-electron chi connectivity index (χ4n) is 3.35. The van der Waals surface area contributed by atoms with Gasteiger partial charge < -0.3 is 14.6 Å². The maximum Gasteiger partial charge on any atom is 0.164 e. The van der Waals surface area contributed by atoms with Gasteiger partial charge in [-0.25, -0.2) is 0 Å². The van der Waals surface area contributed by atoms with Crippen molar-refractivity contribution in [3.63, 3.8) is 0 Å². The molecule has 0 aromatic rings. The van der Waals surface area contributed by atoms with Crippen molar-refractivity contribution < 1.29 is 24.2 Å². The topological polar surface area (TPSA) is 68.2 Å². The molecule has 31 heavy (non-hydrogen) atoms. The zero-order valence-electron chi connectivity index (χ0n) is 21.7. The Balaban J connectivity index is 3.98. The van der Waals surface area contributed by atoms with Gasteiger partial charge in [0, 0.05) is 33.2 Å². The summed E-state index contributed by atoms with van der Waals surface area (Å²) in [6, 6.07) is 0. The molecule has 0 heterocycles. The van der Waals surface area contributed by atoms with E-state index in [1.807, 2.05) is 60.6 Å². The Hall–Kier alpha value is -0.530. The normalized spacial score (nSPS) is 13.2. The molecule has 0 radical (unpaired) electrons. The largest absolute Gasteiger partial charge is 0.396 e. The van der Waals surface area contributed by atoms with Gasteiger partial charge in [-0.3, -0.25) is 9.63 Å². The molecule has 186 valence electrons. The summed E-state index contributed by atoms with van der Waals surface area (Å²) >= 11 is 0. The first-order chi connectivity index (χ1) is 14.3. The minimum Gasteiger partial charge on any atom is -0.396 e. The van der Waals surface area contributed by atoms with Crippen LogP contribution in [0.1, 0.15) is 106 Å². The number of hydrogen-bond donors (Lipinski definition) is 1. The van der Waals surface area contributed by atoms with E-state index in [0.717, 1.165) is 57.9 Å². The number of unbranched alkanes of at least 4 members (excludes halogenated alkanes) is 5. The number of rotatable bonds is 19. The SMILES string of the molecule is CN(CCCCCCO)OCCCCCC(=O)C(C)(C)OC(C)(C)CCOC(C)(C)C. The van der Waals surface area contributed by atoms with E-state index in [1.54, 1.807) is 0 Å². The molecule has 0 aromatic heterocycles. The van der Waals surface area contributed by atoms with E-state index in [2.05, 4.69) is 0 Å². The molecule has 0 aromatic carbocycles. The Kier molecular flexibility index (Phi) is 15.1. The predicted molar refractivity (Wildman–Crippen MR) is 127 cm³/mol. The third-order valence-electron chi connectivity index (χ3n) is 5.18. The summed E-state index contributed by atoms with van der Waals surface area (Å²) in [5, 5.41) is 10.7. The number of ketones is 1. The third kappa shape index (κ3) is 17.7. The molecule has 0 saturated heterocycles. The van der Waals surface area contributed by atoms with E-state index < -0.39 is 11.2 Å². The maximum absolute atomic E-state index is 12.7. The monoisotopic (exact) mass is 445 g/mol. The lowest BCUT2D eigenvalue weighted by Gasteiger charge is -2.36. The zero-order valence-corrected chi connectivity index (χ0v) is 21.7. The highest BCUT2D eigenvalue weighted by molar-refractivity contribution is 5.86. The van der Waals surface area contributed by atoms with E-state index in [4.69, 9.17) is 19.4 Å². The summed E-state index contributed by atoms with van der Waals surface area (Å²) < 4.78 is 12.0. The van der Waals surface area contributed by atoms with Gasteiger partial charge in [0.25, 0.3) is 0 Å². The smallest absolute Gasteiger partial charge is 0.164 e. The quantitative estimate of drug-likeness (QED) is 0.215. The van der Waals surface area contributed by atoms with Gasteiger partial charge >= 0.3 is 0 Å². The molecule has 0 saturated carbocycles. The molecular weight excluding hydrogens is 394 g/mol. The van der Waals surface area contributed by atoms with Gasteiger partial charge in [0.2, 0.25) is 0 Å². The van der Waals surface area contributed by atoms with Gasteiger partial charge in [0.1, 0.15) is 5.60 Å². The van der Waals surface area contributed by atoms with Crippen molar-refractivity contribution in [1.82, 2.24) is 5.06 Å². The minimum absolute atomic E-state index is 0.151. The number of carbonyl (C=O) groups is 1. The fourth-order valence-corrected chi connectivity index (χ4v) is 3.35. The Morgan fingerprint density at radius 2 is 1.45 bits per heavy atom. The van der Waals surface area contributed by atoms with Crippen LogP contribution in [0.2, 0.25) is 0 Å². The molecule has 0 atom stereocenters. The van der Waals surface area contributed by atoms with E-state index in [1.165, 1.54) is 0 Å². The fraction of sp³-hybridized carbons (Fsp3) is 0.960. The van der Waals surface area contributed by atoms with Crippen LogP contribution in [-0.4, -0.2) is 66.2 Å². The van der Waals surface area contributed by atoms with Crippen LogP contribution in [-0.2, 0) is 19.1 Å². The van der Waals surface area contributed by atoms with Crippen molar-refractivity contribution in [2.24, 2.45) is 0 Å². The van der Waals surface area contributed by atoms with Gasteiger partial charge in [-0.05, 0) is 80.6 Å². The summed E-state index contributed by atoms with van der Waals surface area (Å²) in [6.07, 6.45) is 8.19. The van der Waals surface area contributed by atoms with E-state index in [0.29, 0.717) is 19.6 Å². The van der Waals surface area contributed by atoms with Gasteiger partial charge in [0.05, 0.1) is 17.8 Å². The van der Waals surface area contributed by atoms with Crippen LogP contribution in [0.4, 0.5) is 0 Å². The van der Waals surface area contributed by atoms with E-state index in [-0.39, 0.29) is 18.0 Å². The summed E-state index contributed by atoms with van der Waals surface area (Å²) in [6.45, 7) is 16.4.